The Bertz CT molecular complexity index is 134. The lowest BCUT2D eigenvalue weighted by Crippen LogP contribution is -1.83. The Morgan fingerprint density at radius 2 is 2.33 bits per heavy atom. The molecule has 0 bridgehead atoms. The first-order valence-electron chi connectivity index (χ1n) is 3.31. The van der Waals surface area contributed by atoms with Gasteiger partial charge in [0.25, 0.3) is 0 Å². The maximum absolute atomic E-state index is 5.09. The Balaban J connectivity index is 2.45. The third kappa shape index (κ3) is 1.92. The van der Waals surface area contributed by atoms with E-state index in [9.17, 15) is 0 Å². The molecule has 0 aromatic heterocycles. The Hall–Kier alpha value is -0.720. The molecule has 50 valence electrons. The number of ether oxygens (including phenoxy) is 1. The number of hydrogen-bond acceptors (Lipinski definition) is 1. The van der Waals surface area contributed by atoms with Crippen molar-refractivity contribution in [3.8, 4) is 0 Å². The van der Waals surface area contributed by atoms with Gasteiger partial charge in [-0.25, -0.2) is 0 Å². The Morgan fingerprint density at radius 3 is 3.11 bits per heavy atom. The molecule has 1 heteroatoms. The van der Waals surface area contributed by atoms with Crippen LogP contribution in [-0.4, -0.2) is 7.11 Å². The van der Waals surface area contributed by atoms with Crippen molar-refractivity contribution in [3.05, 3.63) is 24.0 Å². The van der Waals surface area contributed by atoms with E-state index in [2.05, 4.69) is 18.2 Å². The molecular weight excluding hydrogens is 112 g/mol. The van der Waals surface area contributed by atoms with E-state index in [-0.39, 0.29) is 0 Å². The highest BCUT2D eigenvalue weighted by Crippen LogP contribution is 2.11. The van der Waals surface area contributed by atoms with E-state index < -0.39 is 0 Å². The van der Waals surface area contributed by atoms with Crippen LogP contribution in [0.3, 0.4) is 0 Å². The molecule has 0 spiro atoms. The molecule has 9 heavy (non-hydrogen) atoms. The quantitative estimate of drug-likeness (QED) is 0.487. The van der Waals surface area contributed by atoms with Crippen LogP contribution >= 0.6 is 0 Å². The SMILES string of the molecule is COC1=CCC=CCC1. The monoisotopic (exact) mass is 124 g/mol. The second-order valence-electron chi connectivity index (χ2n) is 2.12. The highest BCUT2D eigenvalue weighted by molar-refractivity contribution is 5.03. The van der Waals surface area contributed by atoms with Crippen LogP contribution in [-0.2, 0) is 4.74 Å². The molecule has 0 aromatic carbocycles. The number of methoxy groups -OCH3 is 1. The van der Waals surface area contributed by atoms with E-state index >= 15 is 0 Å². The predicted octanol–water partition coefficient (Wildman–Crippen LogP) is 2.26. The maximum Gasteiger partial charge on any atom is 0.0921 e. The third-order valence-corrected chi connectivity index (χ3v) is 1.47. The number of hydrogen-bond donors (Lipinski definition) is 0. The molecule has 0 aromatic rings. The summed E-state index contributed by atoms with van der Waals surface area (Å²) in [6, 6.07) is 0. The molecule has 0 unspecified atom stereocenters. The largest absolute Gasteiger partial charge is 0.501 e. The van der Waals surface area contributed by atoms with E-state index in [0.29, 0.717) is 0 Å². The van der Waals surface area contributed by atoms with Crippen molar-refractivity contribution in [1.29, 1.82) is 0 Å². The van der Waals surface area contributed by atoms with Crippen molar-refractivity contribution < 1.29 is 4.74 Å². The lowest BCUT2D eigenvalue weighted by Gasteiger charge is -2.00. The van der Waals surface area contributed by atoms with Gasteiger partial charge in [0, 0.05) is 6.42 Å². The van der Waals surface area contributed by atoms with E-state index in [1.54, 1.807) is 7.11 Å². The summed E-state index contributed by atoms with van der Waals surface area (Å²) in [7, 11) is 1.73. The van der Waals surface area contributed by atoms with Gasteiger partial charge in [0.15, 0.2) is 0 Å². The van der Waals surface area contributed by atoms with Gasteiger partial charge in [-0.2, -0.15) is 0 Å². The first-order chi connectivity index (χ1) is 4.43. The van der Waals surface area contributed by atoms with Crippen LogP contribution in [0.15, 0.2) is 24.0 Å². The highest BCUT2D eigenvalue weighted by atomic mass is 16.5. The topological polar surface area (TPSA) is 9.23 Å². The molecule has 0 saturated carbocycles. The molecule has 0 saturated heterocycles. The van der Waals surface area contributed by atoms with E-state index in [4.69, 9.17) is 4.74 Å². The molecule has 0 heterocycles. The van der Waals surface area contributed by atoms with E-state index in [1.165, 1.54) is 0 Å². The standard InChI is InChI=1S/C8H12O/c1-9-8-6-4-2-3-5-7-8/h2-3,6H,4-5,7H2,1H3. The molecule has 0 N–H and O–H groups in total. The summed E-state index contributed by atoms with van der Waals surface area (Å²) in [5.41, 5.74) is 0. The molecule has 1 aliphatic rings. The van der Waals surface area contributed by atoms with Crippen LogP contribution in [0.25, 0.3) is 0 Å². The third-order valence-electron chi connectivity index (χ3n) is 1.47. The first-order valence-corrected chi connectivity index (χ1v) is 3.31. The zero-order valence-electron chi connectivity index (χ0n) is 5.76. The Kier molecular flexibility index (Phi) is 2.37. The van der Waals surface area contributed by atoms with Gasteiger partial charge in [0.05, 0.1) is 12.9 Å². The second-order valence-corrected chi connectivity index (χ2v) is 2.12. The molecule has 1 nitrogen and oxygen atoms in total. The van der Waals surface area contributed by atoms with Crippen molar-refractivity contribution in [1.82, 2.24) is 0 Å². The predicted molar refractivity (Wildman–Crippen MR) is 38.1 cm³/mol. The molecule has 1 aliphatic carbocycles. The van der Waals surface area contributed by atoms with Crippen LogP contribution in [0.4, 0.5) is 0 Å². The zero-order valence-corrected chi connectivity index (χ0v) is 5.76. The maximum atomic E-state index is 5.09. The van der Waals surface area contributed by atoms with Crippen molar-refractivity contribution in [2.24, 2.45) is 0 Å². The molecule has 0 fully saturated rings. The minimum absolute atomic E-state index is 1.03. The first kappa shape index (κ1) is 6.40. The van der Waals surface area contributed by atoms with Crippen LogP contribution in [0.5, 0.6) is 0 Å². The minimum atomic E-state index is 1.03. The van der Waals surface area contributed by atoms with Crippen molar-refractivity contribution in [2.45, 2.75) is 19.3 Å². The van der Waals surface area contributed by atoms with Crippen LogP contribution in [0.1, 0.15) is 19.3 Å². The average molecular weight is 124 g/mol. The van der Waals surface area contributed by atoms with Gasteiger partial charge in [-0.3, -0.25) is 0 Å². The molecule has 0 radical (unpaired) electrons. The molecule has 1 rings (SSSR count). The van der Waals surface area contributed by atoms with Gasteiger partial charge < -0.3 is 4.74 Å². The lowest BCUT2D eigenvalue weighted by atomic mass is 10.3. The fraction of sp³-hybridized carbons (Fsp3) is 0.500. The van der Waals surface area contributed by atoms with Crippen LogP contribution < -0.4 is 0 Å². The zero-order chi connectivity index (χ0) is 6.53. The van der Waals surface area contributed by atoms with Gasteiger partial charge in [0.2, 0.25) is 0 Å². The van der Waals surface area contributed by atoms with Gasteiger partial charge in [-0.1, -0.05) is 12.2 Å². The summed E-state index contributed by atoms with van der Waals surface area (Å²) in [4.78, 5) is 0. The summed E-state index contributed by atoms with van der Waals surface area (Å²) >= 11 is 0. The molecule has 0 atom stereocenters. The second kappa shape index (κ2) is 3.33. The normalized spacial score (nSPS) is 18.6. The van der Waals surface area contributed by atoms with E-state index in [1.807, 2.05) is 0 Å². The number of allylic oxidation sites excluding steroid dienone is 4. The van der Waals surface area contributed by atoms with Crippen molar-refractivity contribution >= 4 is 0 Å². The van der Waals surface area contributed by atoms with E-state index in [0.717, 1.165) is 25.0 Å². The Morgan fingerprint density at radius 1 is 1.44 bits per heavy atom. The van der Waals surface area contributed by atoms with Crippen LogP contribution in [0, 0.1) is 0 Å². The van der Waals surface area contributed by atoms with Crippen molar-refractivity contribution in [3.63, 3.8) is 0 Å². The fourth-order valence-electron chi connectivity index (χ4n) is 0.927. The summed E-state index contributed by atoms with van der Waals surface area (Å²) in [6.07, 6.45) is 9.72. The summed E-state index contributed by atoms with van der Waals surface area (Å²) < 4.78 is 5.09. The van der Waals surface area contributed by atoms with Gasteiger partial charge in [-0.15, -0.1) is 0 Å². The molecule has 0 aliphatic heterocycles. The highest BCUT2D eigenvalue weighted by Gasteiger charge is 1.95. The summed E-state index contributed by atoms with van der Waals surface area (Å²) in [5.74, 6) is 1.12. The molecule has 0 amide bonds. The summed E-state index contributed by atoms with van der Waals surface area (Å²) in [6.45, 7) is 0. The van der Waals surface area contributed by atoms with Gasteiger partial charge >= 0.3 is 0 Å². The summed E-state index contributed by atoms with van der Waals surface area (Å²) in [5, 5.41) is 0. The van der Waals surface area contributed by atoms with Gasteiger partial charge in [-0.05, 0) is 18.9 Å². The van der Waals surface area contributed by atoms with Gasteiger partial charge in [0.1, 0.15) is 0 Å². The van der Waals surface area contributed by atoms with Crippen molar-refractivity contribution in [2.75, 3.05) is 7.11 Å². The Labute approximate surface area is 56.0 Å². The number of rotatable bonds is 1. The minimum Gasteiger partial charge on any atom is -0.501 e. The smallest absolute Gasteiger partial charge is 0.0921 e. The lowest BCUT2D eigenvalue weighted by molar-refractivity contribution is 0.277. The van der Waals surface area contributed by atoms with Crippen LogP contribution in [0.2, 0.25) is 0 Å². The average Bonchev–Trinajstić information content (AvgIpc) is 2.13. The molecular formula is C8H12O. The fourth-order valence-corrected chi connectivity index (χ4v) is 0.927.